The van der Waals surface area contributed by atoms with Crippen LogP contribution in [0.5, 0.6) is 11.5 Å². The number of rotatable bonds is 10. The second-order valence-electron chi connectivity index (χ2n) is 8.39. The van der Waals surface area contributed by atoms with Crippen molar-refractivity contribution >= 4 is 0 Å². The Hall–Kier alpha value is -2.90. The highest BCUT2D eigenvalue weighted by atomic mass is 19.1. The Labute approximate surface area is 188 Å². The minimum atomic E-state index is -0.856. The van der Waals surface area contributed by atoms with E-state index in [0.29, 0.717) is 25.2 Å². The van der Waals surface area contributed by atoms with Crippen molar-refractivity contribution in [1.29, 1.82) is 0 Å². The van der Waals surface area contributed by atoms with Crippen LogP contribution >= 0.6 is 0 Å². The number of likely N-dealkylation sites (tertiary alicyclic amines) is 1. The third-order valence-corrected chi connectivity index (χ3v) is 5.80. The molecular weight excluding hydrogens is 409 g/mol. The quantitative estimate of drug-likeness (QED) is 0.486. The van der Waals surface area contributed by atoms with Crippen molar-refractivity contribution in [1.82, 2.24) is 14.5 Å². The van der Waals surface area contributed by atoms with Gasteiger partial charge in [0.2, 0.25) is 0 Å². The SMILES string of the molecule is OC1(COc2ccc(F)cc2)CCN(Cc2cccc(OCCCn3ccnc3)c2)CC1. The number of aliphatic hydroxyl groups is 1. The van der Waals surface area contributed by atoms with E-state index in [-0.39, 0.29) is 12.4 Å². The zero-order valence-corrected chi connectivity index (χ0v) is 18.2. The van der Waals surface area contributed by atoms with Crippen molar-refractivity contribution < 1.29 is 19.0 Å². The van der Waals surface area contributed by atoms with Crippen molar-refractivity contribution in [2.75, 3.05) is 26.3 Å². The minimum Gasteiger partial charge on any atom is -0.494 e. The number of imidazole rings is 1. The molecule has 0 amide bonds. The molecule has 0 unspecified atom stereocenters. The topological polar surface area (TPSA) is 59.8 Å². The van der Waals surface area contributed by atoms with Crippen LogP contribution in [-0.2, 0) is 13.1 Å². The highest BCUT2D eigenvalue weighted by Gasteiger charge is 2.33. The first kappa shape index (κ1) is 22.3. The van der Waals surface area contributed by atoms with E-state index in [1.807, 2.05) is 29.2 Å². The summed E-state index contributed by atoms with van der Waals surface area (Å²) in [5.41, 5.74) is 0.343. The van der Waals surface area contributed by atoms with Crippen molar-refractivity contribution in [3.8, 4) is 11.5 Å². The normalized spacial score (nSPS) is 16.1. The molecule has 1 fully saturated rings. The molecule has 0 radical (unpaired) electrons. The summed E-state index contributed by atoms with van der Waals surface area (Å²) in [4.78, 5) is 6.38. The van der Waals surface area contributed by atoms with E-state index in [1.54, 1.807) is 18.3 Å². The summed E-state index contributed by atoms with van der Waals surface area (Å²) in [5, 5.41) is 10.9. The predicted molar refractivity (Wildman–Crippen MR) is 120 cm³/mol. The molecule has 7 heteroatoms. The van der Waals surface area contributed by atoms with Gasteiger partial charge in [-0.05, 0) is 61.2 Å². The van der Waals surface area contributed by atoms with Crippen molar-refractivity contribution in [3.63, 3.8) is 0 Å². The molecule has 0 atom stereocenters. The standard InChI is InChI=1S/C25H30FN3O3/c26-22-5-7-23(8-6-22)32-19-25(30)9-13-28(14-10-25)18-21-3-1-4-24(17-21)31-16-2-12-29-15-11-27-20-29/h1,3-8,11,15,17,20,30H,2,9-10,12-14,16,18-19H2. The van der Waals surface area contributed by atoms with Crippen molar-refractivity contribution in [3.05, 3.63) is 78.6 Å². The largest absolute Gasteiger partial charge is 0.494 e. The number of nitrogens with zero attached hydrogens (tertiary/aromatic N) is 3. The third kappa shape index (κ3) is 6.55. The minimum absolute atomic E-state index is 0.217. The zero-order chi connectivity index (χ0) is 22.2. The lowest BCUT2D eigenvalue weighted by molar-refractivity contribution is -0.0537. The van der Waals surface area contributed by atoms with Gasteiger partial charge in [0.25, 0.3) is 0 Å². The summed E-state index contributed by atoms with van der Waals surface area (Å²) in [6.45, 7) is 4.17. The average Bonchev–Trinajstić information content (AvgIpc) is 3.32. The second kappa shape index (κ2) is 10.6. The molecule has 6 nitrogen and oxygen atoms in total. The summed E-state index contributed by atoms with van der Waals surface area (Å²) in [7, 11) is 0. The summed E-state index contributed by atoms with van der Waals surface area (Å²) in [6.07, 6.45) is 7.75. The fourth-order valence-corrected chi connectivity index (χ4v) is 3.87. The van der Waals surface area contributed by atoms with Crippen LogP contribution < -0.4 is 9.47 Å². The summed E-state index contributed by atoms with van der Waals surface area (Å²) < 4.78 is 26.7. The van der Waals surface area contributed by atoms with Gasteiger partial charge in [0.15, 0.2) is 0 Å². The Balaban J connectivity index is 1.19. The van der Waals surface area contributed by atoms with E-state index < -0.39 is 5.60 Å². The lowest BCUT2D eigenvalue weighted by atomic mass is 9.92. The highest BCUT2D eigenvalue weighted by Crippen LogP contribution is 2.25. The molecule has 32 heavy (non-hydrogen) atoms. The van der Waals surface area contributed by atoms with E-state index in [1.165, 1.54) is 17.7 Å². The molecule has 1 aliphatic rings. The fraction of sp³-hybridized carbons (Fsp3) is 0.400. The number of benzene rings is 2. The third-order valence-electron chi connectivity index (χ3n) is 5.80. The van der Waals surface area contributed by atoms with Gasteiger partial charge in [0.05, 0.1) is 12.9 Å². The van der Waals surface area contributed by atoms with Gasteiger partial charge in [0, 0.05) is 38.6 Å². The fourth-order valence-electron chi connectivity index (χ4n) is 3.87. The number of hydrogen-bond donors (Lipinski definition) is 1. The Morgan fingerprint density at radius 3 is 2.59 bits per heavy atom. The lowest BCUT2D eigenvalue weighted by Crippen LogP contribution is -2.47. The molecular formula is C25H30FN3O3. The van der Waals surface area contributed by atoms with Crippen LogP contribution in [-0.4, -0.2) is 51.5 Å². The van der Waals surface area contributed by atoms with Crippen LogP contribution in [0.4, 0.5) is 4.39 Å². The van der Waals surface area contributed by atoms with Crippen molar-refractivity contribution in [2.45, 2.75) is 38.0 Å². The summed E-state index contributed by atoms with van der Waals surface area (Å²) in [5.74, 6) is 1.16. The molecule has 170 valence electrons. The van der Waals surface area contributed by atoms with Crippen LogP contribution in [0.3, 0.4) is 0 Å². The zero-order valence-electron chi connectivity index (χ0n) is 18.2. The smallest absolute Gasteiger partial charge is 0.123 e. The van der Waals surface area contributed by atoms with Gasteiger partial charge in [-0.25, -0.2) is 9.37 Å². The Morgan fingerprint density at radius 2 is 1.84 bits per heavy atom. The van der Waals surface area contributed by atoms with Gasteiger partial charge >= 0.3 is 0 Å². The molecule has 0 aliphatic carbocycles. The first-order valence-corrected chi connectivity index (χ1v) is 11.1. The maximum atomic E-state index is 13.0. The Kier molecular flexibility index (Phi) is 7.39. The van der Waals surface area contributed by atoms with Gasteiger partial charge < -0.3 is 19.1 Å². The Morgan fingerprint density at radius 1 is 1.03 bits per heavy atom. The van der Waals surface area contributed by atoms with Gasteiger partial charge in [0.1, 0.15) is 29.5 Å². The maximum absolute atomic E-state index is 13.0. The summed E-state index contributed by atoms with van der Waals surface area (Å²) in [6, 6.07) is 14.1. The van der Waals surface area contributed by atoms with Crippen molar-refractivity contribution in [2.24, 2.45) is 0 Å². The van der Waals surface area contributed by atoms with Gasteiger partial charge in [-0.15, -0.1) is 0 Å². The monoisotopic (exact) mass is 439 g/mol. The molecule has 2 aromatic carbocycles. The number of piperidine rings is 1. The van der Waals surface area contributed by atoms with Crippen LogP contribution in [0.25, 0.3) is 0 Å². The lowest BCUT2D eigenvalue weighted by Gasteiger charge is -2.38. The average molecular weight is 440 g/mol. The number of ether oxygens (including phenoxy) is 2. The van der Waals surface area contributed by atoms with Gasteiger partial charge in [-0.1, -0.05) is 12.1 Å². The molecule has 2 heterocycles. The molecule has 0 spiro atoms. The van der Waals surface area contributed by atoms with Gasteiger partial charge in [-0.2, -0.15) is 0 Å². The molecule has 1 aliphatic heterocycles. The van der Waals surface area contributed by atoms with Crippen LogP contribution in [0.2, 0.25) is 0 Å². The second-order valence-corrected chi connectivity index (χ2v) is 8.39. The number of halogens is 1. The van der Waals surface area contributed by atoms with Crippen LogP contribution in [0.15, 0.2) is 67.3 Å². The maximum Gasteiger partial charge on any atom is 0.123 e. The molecule has 1 N–H and O–H groups in total. The predicted octanol–water partition coefficient (Wildman–Crippen LogP) is 3.90. The first-order valence-electron chi connectivity index (χ1n) is 11.1. The van der Waals surface area contributed by atoms with Crippen LogP contribution in [0, 0.1) is 5.82 Å². The molecule has 1 saturated heterocycles. The van der Waals surface area contributed by atoms with E-state index in [2.05, 4.69) is 22.0 Å². The molecule has 0 saturated carbocycles. The highest BCUT2D eigenvalue weighted by molar-refractivity contribution is 5.28. The summed E-state index contributed by atoms with van der Waals surface area (Å²) >= 11 is 0. The van der Waals surface area contributed by atoms with E-state index in [9.17, 15) is 9.50 Å². The van der Waals surface area contributed by atoms with Crippen LogP contribution in [0.1, 0.15) is 24.8 Å². The molecule has 0 bridgehead atoms. The van der Waals surface area contributed by atoms with E-state index in [0.717, 1.165) is 38.3 Å². The number of aromatic nitrogens is 2. The molecule has 4 rings (SSSR count). The first-order chi connectivity index (χ1) is 15.6. The molecule has 1 aromatic heterocycles. The molecule has 3 aromatic rings. The number of hydrogen-bond acceptors (Lipinski definition) is 5. The van der Waals surface area contributed by atoms with Gasteiger partial charge in [-0.3, -0.25) is 4.90 Å². The van der Waals surface area contributed by atoms with E-state index >= 15 is 0 Å². The Bertz CT molecular complexity index is 955. The number of aryl methyl sites for hydroxylation is 1. The van der Waals surface area contributed by atoms with E-state index in [4.69, 9.17) is 9.47 Å².